The summed E-state index contributed by atoms with van der Waals surface area (Å²) in [6.07, 6.45) is 11.1. The van der Waals surface area contributed by atoms with Crippen molar-refractivity contribution >= 4 is 0 Å². The molecule has 2 rings (SSSR count). The van der Waals surface area contributed by atoms with Gasteiger partial charge in [0.15, 0.2) is 0 Å². The lowest BCUT2D eigenvalue weighted by Crippen LogP contribution is -2.10. The van der Waals surface area contributed by atoms with Crippen molar-refractivity contribution in [2.24, 2.45) is 0 Å². The summed E-state index contributed by atoms with van der Waals surface area (Å²) in [6.45, 7) is 0. The topological polar surface area (TPSA) is 20.2 Å². The number of hydrogen-bond acceptors (Lipinski definition) is 1. The molecule has 0 heterocycles. The monoisotopic (exact) mass is 135 g/mol. The Labute approximate surface area is 61.1 Å². The molecule has 1 heteroatoms. The average Bonchev–Trinajstić information content (AvgIpc) is 2.72. The van der Waals surface area contributed by atoms with Gasteiger partial charge in [0, 0.05) is 0 Å². The number of hydrogen-bond donors (Lipinski definition) is 1. The summed E-state index contributed by atoms with van der Waals surface area (Å²) in [5.41, 5.74) is 0.659. The normalized spacial score (nSPS) is 27.9. The van der Waals surface area contributed by atoms with Crippen LogP contribution in [0.2, 0.25) is 0 Å². The smallest absolute Gasteiger partial charge is 0.0895 e. The van der Waals surface area contributed by atoms with Crippen LogP contribution in [0.3, 0.4) is 0 Å². The molecule has 0 bridgehead atoms. The van der Waals surface area contributed by atoms with Crippen LogP contribution in [0.15, 0.2) is 23.8 Å². The summed E-state index contributed by atoms with van der Waals surface area (Å²) >= 11 is 0. The van der Waals surface area contributed by atoms with E-state index < -0.39 is 5.60 Å². The lowest BCUT2D eigenvalue weighted by Gasteiger charge is -2.11. The second-order valence-electron chi connectivity index (χ2n) is 3.03. The Morgan fingerprint density at radius 2 is 2.20 bits per heavy atom. The van der Waals surface area contributed by atoms with Gasteiger partial charge in [0.2, 0.25) is 0 Å². The molecule has 53 valence electrons. The van der Waals surface area contributed by atoms with E-state index in [0.717, 1.165) is 24.8 Å². The van der Waals surface area contributed by atoms with E-state index in [4.69, 9.17) is 0 Å². The van der Waals surface area contributed by atoms with Crippen molar-refractivity contribution in [2.45, 2.75) is 24.9 Å². The van der Waals surface area contributed by atoms with E-state index in [1.165, 1.54) is 0 Å². The van der Waals surface area contributed by atoms with Gasteiger partial charge in [0.25, 0.3) is 0 Å². The fourth-order valence-electron chi connectivity index (χ4n) is 1.24. The predicted molar refractivity (Wildman–Crippen MR) is 40.3 cm³/mol. The van der Waals surface area contributed by atoms with Crippen molar-refractivity contribution in [3.05, 3.63) is 30.2 Å². The maximum Gasteiger partial charge on any atom is 0.0895 e. The van der Waals surface area contributed by atoms with E-state index in [-0.39, 0.29) is 0 Å². The standard InChI is InChI=1S/C9H11O/c10-9(6-7-9)8-4-2-1-3-5-8/h2-5,10H,1,6-7H2. The highest BCUT2D eigenvalue weighted by Gasteiger charge is 2.42. The summed E-state index contributed by atoms with van der Waals surface area (Å²) in [4.78, 5) is 0. The quantitative estimate of drug-likeness (QED) is 0.579. The highest BCUT2D eigenvalue weighted by molar-refractivity contribution is 5.38. The molecule has 10 heavy (non-hydrogen) atoms. The highest BCUT2D eigenvalue weighted by atomic mass is 16.3. The number of allylic oxidation sites excluding steroid dienone is 2. The minimum absolute atomic E-state index is 0.437. The first-order chi connectivity index (χ1) is 4.81. The molecule has 0 amide bonds. The Bertz CT molecular complexity index is 197. The zero-order valence-electron chi connectivity index (χ0n) is 5.88. The molecular formula is C9H11O. The van der Waals surface area contributed by atoms with Crippen LogP contribution < -0.4 is 0 Å². The van der Waals surface area contributed by atoms with E-state index >= 15 is 0 Å². The third-order valence-electron chi connectivity index (χ3n) is 2.13. The first-order valence-corrected chi connectivity index (χ1v) is 3.74. The molecule has 0 unspecified atom stereocenters. The van der Waals surface area contributed by atoms with Gasteiger partial charge in [-0.05, 0) is 31.3 Å². The molecule has 1 fully saturated rings. The fourth-order valence-corrected chi connectivity index (χ4v) is 1.24. The van der Waals surface area contributed by atoms with E-state index in [0.29, 0.717) is 0 Å². The van der Waals surface area contributed by atoms with Crippen LogP contribution in [0.1, 0.15) is 19.3 Å². The largest absolute Gasteiger partial charge is 0.385 e. The maximum atomic E-state index is 9.61. The minimum atomic E-state index is -0.437. The van der Waals surface area contributed by atoms with Crippen LogP contribution in [-0.2, 0) is 0 Å². The van der Waals surface area contributed by atoms with Crippen molar-refractivity contribution in [2.75, 3.05) is 0 Å². The van der Waals surface area contributed by atoms with Crippen molar-refractivity contribution in [1.82, 2.24) is 0 Å². The van der Waals surface area contributed by atoms with Gasteiger partial charge in [-0.15, -0.1) is 0 Å². The SMILES string of the molecule is OC1(C2=C[CH]CC=C2)CC1. The van der Waals surface area contributed by atoms with E-state index in [2.05, 4.69) is 12.5 Å². The first-order valence-electron chi connectivity index (χ1n) is 3.74. The van der Waals surface area contributed by atoms with Gasteiger partial charge in [0.1, 0.15) is 0 Å². The molecule has 0 aliphatic heterocycles. The van der Waals surface area contributed by atoms with Gasteiger partial charge >= 0.3 is 0 Å². The van der Waals surface area contributed by atoms with Gasteiger partial charge in [-0.25, -0.2) is 0 Å². The Morgan fingerprint density at radius 3 is 2.70 bits per heavy atom. The molecule has 0 aromatic carbocycles. The molecule has 0 saturated heterocycles. The van der Waals surface area contributed by atoms with Crippen molar-refractivity contribution < 1.29 is 5.11 Å². The number of rotatable bonds is 1. The van der Waals surface area contributed by atoms with Crippen LogP contribution in [0, 0.1) is 6.42 Å². The Kier molecular flexibility index (Phi) is 1.21. The molecule has 1 saturated carbocycles. The molecule has 0 atom stereocenters. The summed E-state index contributed by atoms with van der Waals surface area (Å²) in [5, 5.41) is 9.61. The molecule has 1 N–H and O–H groups in total. The molecule has 2 aliphatic rings. The minimum Gasteiger partial charge on any atom is -0.385 e. The van der Waals surface area contributed by atoms with Gasteiger partial charge in [-0.3, -0.25) is 0 Å². The van der Waals surface area contributed by atoms with Gasteiger partial charge in [-0.1, -0.05) is 18.2 Å². The zero-order valence-corrected chi connectivity index (χ0v) is 5.88. The lowest BCUT2D eigenvalue weighted by molar-refractivity contribution is 0.192. The zero-order chi connectivity index (χ0) is 7.03. The van der Waals surface area contributed by atoms with Crippen molar-refractivity contribution in [3.63, 3.8) is 0 Å². The lowest BCUT2D eigenvalue weighted by atomic mass is 10.0. The maximum absolute atomic E-state index is 9.61. The number of aliphatic hydroxyl groups is 1. The second kappa shape index (κ2) is 1.96. The first kappa shape index (κ1) is 6.17. The summed E-state index contributed by atoms with van der Waals surface area (Å²) in [7, 11) is 0. The van der Waals surface area contributed by atoms with Crippen LogP contribution in [0.4, 0.5) is 0 Å². The molecule has 2 aliphatic carbocycles. The molecule has 0 aromatic rings. The van der Waals surface area contributed by atoms with Gasteiger partial charge in [-0.2, -0.15) is 0 Å². The molecule has 0 spiro atoms. The molecular weight excluding hydrogens is 124 g/mol. The van der Waals surface area contributed by atoms with E-state index in [1.807, 2.05) is 12.2 Å². The van der Waals surface area contributed by atoms with Crippen LogP contribution in [0.5, 0.6) is 0 Å². The van der Waals surface area contributed by atoms with Crippen molar-refractivity contribution in [1.29, 1.82) is 0 Å². The molecule has 1 nitrogen and oxygen atoms in total. The van der Waals surface area contributed by atoms with E-state index in [1.54, 1.807) is 0 Å². The van der Waals surface area contributed by atoms with Crippen LogP contribution >= 0.6 is 0 Å². The molecule has 1 radical (unpaired) electrons. The fraction of sp³-hybridized carbons (Fsp3) is 0.444. The Morgan fingerprint density at radius 1 is 1.40 bits per heavy atom. The molecule has 0 aromatic heterocycles. The van der Waals surface area contributed by atoms with Crippen LogP contribution in [-0.4, -0.2) is 10.7 Å². The second-order valence-corrected chi connectivity index (χ2v) is 3.03. The summed E-state index contributed by atoms with van der Waals surface area (Å²) in [5.74, 6) is 0. The van der Waals surface area contributed by atoms with Crippen molar-refractivity contribution in [3.8, 4) is 0 Å². The Balaban J connectivity index is 2.17. The predicted octanol–water partition coefficient (Wildman–Crippen LogP) is 1.60. The van der Waals surface area contributed by atoms with Crippen LogP contribution in [0.25, 0.3) is 0 Å². The van der Waals surface area contributed by atoms with E-state index in [9.17, 15) is 5.11 Å². The Hall–Kier alpha value is -0.560. The third kappa shape index (κ3) is 0.907. The highest BCUT2D eigenvalue weighted by Crippen LogP contribution is 2.43. The van der Waals surface area contributed by atoms with Gasteiger partial charge in [0.05, 0.1) is 5.60 Å². The average molecular weight is 135 g/mol. The summed E-state index contributed by atoms with van der Waals surface area (Å²) in [6, 6.07) is 0. The third-order valence-corrected chi connectivity index (χ3v) is 2.13. The summed E-state index contributed by atoms with van der Waals surface area (Å²) < 4.78 is 0. The van der Waals surface area contributed by atoms with Gasteiger partial charge < -0.3 is 5.11 Å².